The highest BCUT2D eigenvalue weighted by Crippen LogP contribution is 2.17. The van der Waals surface area contributed by atoms with Crippen LogP contribution < -0.4 is 20.9 Å². The van der Waals surface area contributed by atoms with Crippen molar-refractivity contribution in [2.75, 3.05) is 25.5 Å². The largest absolute Gasteiger partial charge is 0.494 e. The molecule has 7 nitrogen and oxygen atoms in total. The van der Waals surface area contributed by atoms with E-state index in [4.69, 9.17) is 4.74 Å². The van der Waals surface area contributed by atoms with E-state index >= 15 is 0 Å². The van der Waals surface area contributed by atoms with E-state index in [0.717, 1.165) is 0 Å². The van der Waals surface area contributed by atoms with Crippen molar-refractivity contribution in [3.8, 4) is 5.75 Å². The maximum atomic E-state index is 13.3. The molecule has 0 aliphatic rings. The summed E-state index contributed by atoms with van der Waals surface area (Å²) in [6.45, 7) is 2.39. The summed E-state index contributed by atoms with van der Waals surface area (Å²) < 4.78 is 18.1. The van der Waals surface area contributed by atoms with Crippen LogP contribution in [-0.4, -0.2) is 36.1 Å². The molecular weight excluding hydrogens is 303 g/mol. The summed E-state index contributed by atoms with van der Waals surface area (Å²) in [4.78, 5) is 29.9. The fourth-order valence-electron chi connectivity index (χ4n) is 1.92. The van der Waals surface area contributed by atoms with Crippen LogP contribution in [0.5, 0.6) is 5.75 Å². The minimum atomic E-state index is -0.528. The number of hydrogen-bond donors (Lipinski definition) is 3. The SMILES string of the molecule is COc1cc(C(=O)NCCNc2nc(C)cc(=O)[nH]2)ccc1F. The van der Waals surface area contributed by atoms with Crippen molar-refractivity contribution in [1.29, 1.82) is 0 Å². The van der Waals surface area contributed by atoms with Crippen molar-refractivity contribution in [3.63, 3.8) is 0 Å². The number of nitrogens with zero attached hydrogens (tertiary/aromatic N) is 1. The number of amides is 1. The summed E-state index contributed by atoms with van der Waals surface area (Å²) in [5.41, 5.74) is 0.645. The lowest BCUT2D eigenvalue weighted by Crippen LogP contribution is -2.29. The smallest absolute Gasteiger partial charge is 0.252 e. The zero-order chi connectivity index (χ0) is 16.8. The van der Waals surface area contributed by atoms with Gasteiger partial charge in [0, 0.05) is 30.4 Å². The predicted octanol–water partition coefficient (Wildman–Crippen LogP) is 1.07. The van der Waals surface area contributed by atoms with Gasteiger partial charge in [0.1, 0.15) is 0 Å². The monoisotopic (exact) mass is 320 g/mol. The van der Waals surface area contributed by atoms with Crippen LogP contribution in [0, 0.1) is 12.7 Å². The van der Waals surface area contributed by atoms with Crippen LogP contribution in [0.15, 0.2) is 29.1 Å². The van der Waals surface area contributed by atoms with Crippen molar-refractivity contribution < 1.29 is 13.9 Å². The van der Waals surface area contributed by atoms with E-state index in [2.05, 4.69) is 20.6 Å². The number of hydrogen-bond acceptors (Lipinski definition) is 5. The van der Waals surface area contributed by atoms with Crippen LogP contribution in [0.25, 0.3) is 0 Å². The molecule has 8 heteroatoms. The molecule has 0 saturated heterocycles. The molecule has 1 aromatic carbocycles. The number of aromatic nitrogens is 2. The van der Waals surface area contributed by atoms with Gasteiger partial charge in [-0.1, -0.05) is 0 Å². The number of H-pyrrole nitrogens is 1. The maximum absolute atomic E-state index is 13.3. The van der Waals surface area contributed by atoms with Crippen LogP contribution >= 0.6 is 0 Å². The number of carbonyl (C=O) groups excluding carboxylic acids is 1. The second-order valence-corrected chi connectivity index (χ2v) is 4.77. The van der Waals surface area contributed by atoms with E-state index in [1.807, 2.05) is 0 Å². The van der Waals surface area contributed by atoms with Gasteiger partial charge in [-0.2, -0.15) is 0 Å². The molecule has 0 saturated carbocycles. The number of nitrogens with one attached hydrogen (secondary N) is 3. The number of carbonyl (C=O) groups is 1. The zero-order valence-corrected chi connectivity index (χ0v) is 12.8. The lowest BCUT2D eigenvalue weighted by atomic mass is 10.2. The van der Waals surface area contributed by atoms with E-state index in [-0.39, 0.29) is 17.2 Å². The molecule has 3 N–H and O–H groups in total. The molecule has 0 bridgehead atoms. The highest BCUT2D eigenvalue weighted by Gasteiger charge is 2.09. The zero-order valence-electron chi connectivity index (χ0n) is 12.8. The number of aromatic amines is 1. The molecule has 2 aromatic rings. The molecule has 0 unspecified atom stereocenters. The average Bonchev–Trinajstić information content (AvgIpc) is 2.51. The molecule has 0 fully saturated rings. The summed E-state index contributed by atoms with van der Waals surface area (Å²) in [5.74, 6) is -0.527. The fraction of sp³-hybridized carbons (Fsp3) is 0.267. The Hall–Kier alpha value is -2.90. The van der Waals surface area contributed by atoms with Gasteiger partial charge in [-0.15, -0.1) is 0 Å². The first-order valence-corrected chi connectivity index (χ1v) is 6.93. The molecule has 0 aliphatic carbocycles. The Labute approximate surface area is 131 Å². The summed E-state index contributed by atoms with van der Waals surface area (Å²) >= 11 is 0. The molecule has 0 atom stereocenters. The molecule has 2 rings (SSSR count). The van der Waals surface area contributed by atoms with Gasteiger partial charge in [0.05, 0.1) is 7.11 Å². The van der Waals surface area contributed by atoms with Gasteiger partial charge in [0.2, 0.25) is 5.95 Å². The number of benzene rings is 1. The number of methoxy groups -OCH3 is 1. The van der Waals surface area contributed by atoms with E-state index in [0.29, 0.717) is 30.3 Å². The first-order valence-electron chi connectivity index (χ1n) is 6.93. The lowest BCUT2D eigenvalue weighted by Gasteiger charge is -2.09. The van der Waals surface area contributed by atoms with Gasteiger partial charge in [0.25, 0.3) is 11.5 Å². The normalized spacial score (nSPS) is 10.2. The fourth-order valence-corrected chi connectivity index (χ4v) is 1.92. The van der Waals surface area contributed by atoms with Crippen LogP contribution in [0.4, 0.5) is 10.3 Å². The van der Waals surface area contributed by atoms with Crippen LogP contribution in [0.2, 0.25) is 0 Å². The van der Waals surface area contributed by atoms with Gasteiger partial charge in [0.15, 0.2) is 11.6 Å². The molecule has 1 heterocycles. The number of halogens is 1. The lowest BCUT2D eigenvalue weighted by molar-refractivity contribution is 0.0954. The Bertz CT molecular complexity index is 761. The number of ether oxygens (including phenoxy) is 1. The Morgan fingerprint density at radius 1 is 1.35 bits per heavy atom. The Balaban J connectivity index is 1.86. The van der Waals surface area contributed by atoms with Crippen LogP contribution in [0.3, 0.4) is 0 Å². The minimum Gasteiger partial charge on any atom is -0.494 e. The predicted molar refractivity (Wildman–Crippen MR) is 83.4 cm³/mol. The summed E-state index contributed by atoms with van der Waals surface area (Å²) in [5, 5.41) is 5.57. The molecule has 1 amide bonds. The van der Waals surface area contributed by atoms with E-state index < -0.39 is 5.82 Å². The van der Waals surface area contributed by atoms with Crippen LogP contribution in [0.1, 0.15) is 16.1 Å². The molecule has 0 radical (unpaired) electrons. The Morgan fingerprint density at radius 2 is 2.13 bits per heavy atom. The highest BCUT2D eigenvalue weighted by atomic mass is 19.1. The number of anilines is 1. The van der Waals surface area contributed by atoms with Gasteiger partial charge < -0.3 is 15.4 Å². The third-order valence-corrected chi connectivity index (χ3v) is 2.99. The Kier molecular flexibility index (Phi) is 5.29. The van der Waals surface area contributed by atoms with Crippen molar-refractivity contribution in [3.05, 3.63) is 51.7 Å². The van der Waals surface area contributed by atoms with Crippen molar-refractivity contribution in [1.82, 2.24) is 15.3 Å². The first-order chi connectivity index (χ1) is 11.0. The highest BCUT2D eigenvalue weighted by molar-refractivity contribution is 5.94. The van der Waals surface area contributed by atoms with E-state index in [1.54, 1.807) is 6.92 Å². The molecule has 0 spiro atoms. The van der Waals surface area contributed by atoms with Crippen molar-refractivity contribution in [2.45, 2.75) is 6.92 Å². The summed E-state index contributed by atoms with van der Waals surface area (Å²) in [7, 11) is 1.33. The van der Waals surface area contributed by atoms with E-state index in [1.165, 1.54) is 31.4 Å². The van der Waals surface area contributed by atoms with Crippen molar-refractivity contribution in [2.24, 2.45) is 0 Å². The molecule has 1 aromatic heterocycles. The molecular formula is C15H17FN4O3. The molecule has 122 valence electrons. The van der Waals surface area contributed by atoms with Gasteiger partial charge in [-0.05, 0) is 25.1 Å². The van der Waals surface area contributed by atoms with Gasteiger partial charge in [-0.3, -0.25) is 14.6 Å². The maximum Gasteiger partial charge on any atom is 0.252 e. The second kappa shape index (κ2) is 7.39. The molecule has 23 heavy (non-hydrogen) atoms. The van der Waals surface area contributed by atoms with Crippen LogP contribution in [-0.2, 0) is 0 Å². The van der Waals surface area contributed by atoms with E-state index in [9.17, 15) is 14.0 Å². The number of aryl methyl sites for hydroxylation is 1. The summed E-state index contributed by atoms with van der Waals surface area (Å²) in [6, 6.07) is 5.26. The second-order valence-electron chi connectivity index (χ2n) is 4.77. The quantitative estimate of drug-likeness (QED) is 0.692. The number of rotatable bonds is 6. The third kappa shape index (κ3) is 4.53. The topological polar surface area (TPSA) is 96.1 Å². The molecule has 0 aliphatic heterocycles. The minimum absolute atomic E-state index is 0.0114. The third-order valence-electron chi connectivity index (χ3n) is 2.99. The summed E-state index contributed by atoms with van der Waals surface area (Å²) in [6.07, 6.45) is 0. The average molecular weight is 320 g/mol. The van der Waals surface area contributed by atoms with Gasteiger partial charge in [-0.25, -0.2) is 9.37 Å². The Morgan fingerprint density at radius 3 is 2.83 bits per heavy atom. The van der Waals surface area contributed by atoms with Gasteiger partial charge >= 0.3 is 0 Å². The standard InChI is InChI=1S/C15H17FN4O3/c1-9-7-13(21)20-15(19-9)18-6-5-17-14(22)10-3-4-11(16)12(8-10)23-2/h3-4,7-8H,5-6H2,1-2H3,(H,17,22)(H2,18,19,20,21). The first kappa shape index (κ1) is 16.5. The van der Waals surface area contributed by atoms with Crippen molar-refractivity contribution >= 4 is 11.9 Å².